The molecule has 0 amide bonds. The first-order chi connectivity index (χ1) is 3.93. The van der Waals surface area contributed by atoms with Crippen molar-refractivity contribution in [1.82, 2.24) is 9.78 Å². The number of nitrogens with zero attached hydrogens (tertiary/aromatic N) is 3. The second kappa shape index (κ2) is 2.12. The van der Waals surface area contributed by atoms with Gasteiger partial charge in [-0.1, -0.05) is 0 Å². The highest BCUT2D eigenvalue weighted by atomic mass is 15.3. The molecule has 0 fully saturated rings. The second-order valence-electron chi connectivity index (χ2n) is 1.35. The standard InChI is InChI=1S/C5H5N3/c1-6-5-8-4-2-3-7-8/h2-4H,5H2. The van der Waals surface area contributed by atoms with Crippen LogP contribution in [0, 0.1) is 6.57 Å². The maximum atomic E-state index is 6.44. The Kier molecular flexibility index (Phi) is 1.29. The van der Waals surface area contributed by atoms with Gasteiger partial charge < -0.3 is 0 Å². The van der Waals surface area contributed by atoms with Crippen molar-refractivity contribution in [2.75, 3.05) is 0 Å². The Morgan fingerprint density at radius 3 is 3.12 bits per heavy atom. The molecule has 1 aromatic rings. The van der Waals surface area contributed by atoms with Crippen molar-refractivity contribution in [3.8, 4) is 0 Å². The van der Waals surface area contributed by atoms with Crippen LogP contribution in [0.2, 0.25) is 0 Å². The normalized spacial score (nSPS) is 8.38. The first-order valence-corrected chi connectivity index (χ1v) is 2.24. The molecule has 8 heavy (non-hydrogen) atoms. The lowest BCUT2D eigenvalue weighted by Crippen LogP contribution is -1.91. The fraction of sp³-hybridized carbons (Fsp3) is 0.200. The topological polar surface area (TPSA) is 22.2 Å². The van der Waals surface area contributed by atoms with Crippen molar-refractivity contribution >= 4 is 0 Å². The van der Waals surface area contributed by atoms with Crippen LogP contribution in [0.15, 0.2) is 18.5 Å². The second-order valence-corrected chi connectivity index (χ2v) is 1.35. The molecule has 1 aromatic heterocycles. The molecule has 0 aromatic carbocycles. The Morgan fingerprint density at radius 2 is 2.62 bits per heavy atom. The fourth-order valence-corrected chi connectivity index (χ4v) is 0.457. The Labute approximate surface area is 47.4 Å². The van der Waals surface area contributed by atoms with Crippen molar-refractivity contribution in [3.05, 3.63) is 29.9 Å². The summed E-state index contributed by atoms with van der Waals surface area (Å²) in [6.07, 6.45) is 3.42. The van der Waals surface area contributed by atoms with Crippen molar-refractivity contribution < 1.29 is 0 Å². The average Bonchev–Trinajstić information content (AvgIpc) is 2.19. The molecule has 0 spiro atoms. The molecule has 0 bridgehead atoms. The summed E-state index contributed by atoms with van der Waals surface area (Å²) in [5.41, 5.74) is 0. The van der Waals surface area contributed by atoms with Gasteiger partial charge in [-0.25, -0.2) is 11.3 Å². The molecule has 3 heteroatoms. The summed E-state index contributed by atoms with van der Waals surface area (Å²) in [5, 5.41) is 3.81. The van der Waals surface area contributed by atoms with Gasteiger partial charge in [0.25, 0.3) is 0 Å². The summed E-state index contributed by atoms with van der Waals surface area (Å²) in [6.45, 7) is 6.77. The van der Waals surface area contributed by atoms with Crippen LogP contribution in [0.25, 0.3) is 4.85 Å². The quantitative estimate of drug-likeness (QED) is 0.485. The third kappa shape index (κ3) is 0.850. The van der Waals surface area contributed by atoms with Gasteiger partial charge in [0.2, 0.25) is 0 Å². The summed E-state index contributed by atoms with van der Waals surface area (Å²) in [4.78, 5) is 3.13. The van der Waals surface area contributed by atoms with E-state index in [1.165, 1.54) is 0 Å². The van der Waals surface area contributed by atoms with Gasteiger partial charge >= 0.3 is 6.67 Å². The zero-order valence-corrected chi connectivity index (χ0v) is 4.28. The molecule has 3 nitrogen and oxygen atoms in total. The van der Waals surface area contributed by atoms with Crippen LogP contribution < -0.4 is 0 Å². The summed E-state index contributed by atoms with van der Waals surface area (Å²) in [6, 6.07) is 1.80. The summed E-state index contributed by atoms with van der Waals surface area (Å²) in [7, 11) is 0. The minimum absolute atomic E-state index is 0.326. The lowest BCUT2D eigenvalue weighted by Gasteiger charge is -1.82. The smallest absolute Gasteiger partial charge is 0.291 e. The van der Waals surface area contributed by atoms with Crippen LogP contribution in [0.4, 0.5) is 0 Å². The zero-order chi connectivity index (χ0) is 5.82. The van der Waals surface area contributed by atoms with E-state index in [0.717, 1.165) is 0 Å². The fourth-order valence-electron chi connectivity index (χ4n) is 0.457. The lowest BCUT2D eigenvalue weighted by atomic mass is 10.8. The zero-order valence-electron chi connectivity index (χ0n) is 4.28. The highest BCUT2D eigenvalue weighted by molar-refractivity contribution is 4.78. The van der Waals surface area contributed by atoms with E-state index >= 15 is 0 Å². The molecule has 1 rings (SSSR count). The minimum atomic E-state index is 0.326. The largest absolute Gasteiger partial charge is 0.307 e. The third-order valence-electron chi connectivity index (χ3n) is 0.775. The van der Waals surface area contributed by atoms with Crippen LogP contribution >= 0.6 is 0 Å². The van der Waals surface area contributed by atoms with E-state index in [-0.39, 0.29) is 0 Å². The number of hydrogen-bond donors (Lipinski definition) is 0. The highest BCUT2D eigenvalue weighted by Crippen LogP contribution is 1.82. The molecule has 0 unspecified atom stereocenters. The minimum Gasteiger partial charge on any atom is -0.291 e. The van der Waals surface area contributed by atoms with Gasteiger partial charge in [-0.15, -0.1) is 0 Å². The molecule has 1 heterocycles. The molecule has 0 aliphatic heterocycles. The van der Waals surface area contributed by atoms with E-state index in [1.807, 2.05) is 0 Å². The van der Waals surface area contributed by atoms with Crippen molar-refractivity contribution in [2.24, 2.45) is 0 Å². The Morgan fingerprint density at radius 1 is 1.75 bits per heavy atom. The van der Waals surface area contributed by atoms with E-state index in [2.05, 4.69) is 9.94 Å². The van der Waals surface area contributed by atoms with Crippen LogP contribution in [-0.4, -0.2) is 9.78 Å². The lowest BCUT2D eigenvalue weighted by molar-refractivity contribution is 0.699. The molecular formula is C5H5N3. The summed E-state index contributed by atoms with van der Waals surface area (Å²) < 4.78 is 1.58. The van der Waals surface area contributed by atoms with Crippen molar-refractivity contribution in [3.63, 3.8) is 0 Å². The SMILES string of the molecule is [C-]#[N+]Cn1cccn1. The Balaban J connectivity index is 2.67. The summed E-state index contributed by atoms with van der Waals surface area (Å²) >= 11 is 0. The van der Waals surface area contributed by atoms with E-state index < -0.39 is 0 Å². The van der Waals surface area contributed by atoms with Gasteiger partial charge in [0.15, 0.2) is 0 Å². The number of hydrogen-bond acceptors (Lipinski definition) is 1. The van der Waals surface area contributed by atoms with Crippen LogP contribution in [0.5, 0.6) is 0 Å². The van der Waals surface area contributed by atoms with E-state index in [1.54, 1.807) is 23.1 Å². The first-order valence-electron chi connectivity index (χ1n) is 2.24. The van der Waals surface area contributed by atoms with Crippen LogP contribution in [0.3, 0.4) is 0 Å². The molecule has 0 saturated heterocycles. The number of rotatable bonds is 1. The third-order valence-corrected chi connectivity index (χ3v) is 0.775. The van der Waals surface area contributed by atoms with Gasteiger partial charge in [-0.3, -0.25) is 4.85 Å². The average molecular weight is 107 g/mol. The molecule has 0 atom stereocenters. The van der Waals surface area contributed by atoms with E-state index in [0.29, 0.717) is 6.67 Å². The molecular weight excluding hydrogens is 102 g/mol. The molecule has 0 N–H and O–H groups in total. The molecule has 0 radical (unpaired) electrons. The van der Waals surface area contributed by atoms with Gasteiger partial charge in [-0.2, -0.15) is 5.10 Å². The van der Waals surface area contributed by atoms with Gasteiger partial charge in [-0.05, 0) is 6.07 Å². The van der Waals surface area contributed by atoms with Crippen molar-refractivity contribution in [2.45, 2.75) is 6.67 Å². The molecule has 0 aliphatic rings. The summed E-state index contributed by atoms with van der Waals surface area (Å²) in [5.74, 6) is 0. The van der Waals surface area contributed by atoms with Gasteiger partial charge in [0, 0.05) is 12.4 Å². The maximum absolute atomic E-state index is 6.44. The van der Waals surface area contributed by atoms with Crippen LogP contribution in [-0.2, 0) is 6.67 Å². The molecule has 40 valence electrons. The predicted molar refractivity (Wildman–Crippen MR) is 28.8 cm³/mol. The Hall–Kier alpha value is -1.30. The van der Waals surface area contributed by atoms with Crippen molar-refractivity contribution in [1.29, 1.82) is 0 Å². The van der Waals surface area contributed by atoms with Gasteiger partial charge in [0.1, 0.15) is 0 Å². The monoisotopic (exact) mass is 107 g/mol. The predicted octanol–water partition coefficient (Wildman–Crippen LogP) is 0.760. The highest BCUT2D eigenvalue weighted by Gasteiger charge is 1.84. The first kappa shape index (κ1) is 4.85. The van der Waals surface area contributed by atoms with Crippen LogP contribution in [0.1, 0.15) is 0 Å². The maximum Gasteiger partial charge on any atom is 0.307 e. The van der Waals surface area contributed by atoms with E-state index in [4.69, 9.17) is 6.57 Å². The number of aromatic nitrogens is 2. The van der Waals surface area contributed by atoms with E-state index in [9.17, 15) is 0 Å². The van der Waals surface area contributed by atoms with Gasteiger partial charge in [0.05, 0.1) is 0 Å². The molecule has 0 aliphatic carbocycles. The molecule has 0 saturated carbocycles. The Bertz CT molecular complexity index is 182.